The number of rotatable bonds is 2. The first-order valence-corrected chi connectivity index (χ1v) is 6.36. The van der Waals surface area contributed by atoms with Gasteiger partial charge in [0.2, 0.25) is 0 Å². The predicted octanol–water partition coefficient (Wildman–Crippen LogP) is 4.75. The highest BCUT2D eigenvalue weighted by Crippen LogP contribution is 2.65. The molecule has 2 rings (SSSR count). The normalized spacial score (nSPS) is 36.4. The zero-order chi connectivity index (χ0) is 12.1. The molecule has 0 aromatic heterocycles. The summed E-state index contributed by atoms with van der Waals surface area (Å²) < 4.78 is 0. The van der Waals surface area contributed by atoms with Crippen molar-refractivity contribution in [2.45, 2.75) is 41.0 Å². The molecule has 1 fully saturated rings. The van der Waals surface area contributed by atoms with Gasteiger partial charge in [-0.1, -0.05) is 49.3 Å². The molecule has 0 heteroatoms. The van der Waals surface area contributed by atoms with E-state index in [0.29, 0.717) is 11.3 Å². The van der Waals surface area contributed by atoms with Crippen LogP contribution in [0.4, 0.5) is 0 Å². The third kappa shape index (κ3) is 1.79. The summed E-state index contributed by atoms with van der Waals surface area (Å²) in [6.07, 6.45) is 6.11. The highest BCUT2D eigenvalue weighted by molar-refractivity contribution is 5.32. The highest BCUT2D eigenvalue weighted by Gasteiger charge is 2.58. The van der Waals surface area contributed by atoms with Gasteiger partial charge in [0.05, 0.1) is 0 Å². The Hall–Kier alpha value is -0.780. The van der Waals surface area contributed by atoms with Gasteiger partial charge in [0.1, 0.15) is 0 Å². The van der Waals surface area contributed by atoms with Crippen molar-refractivity contribution in [3.8, 4) is 0 Å². The highest BCUT2D eigenvalue weighted by atomic mass is 14.6. The molecular weight excluding hydrogens is 192 g/mol. The van der Waals surface area contributed by atoms with Gasteiger partial charge in [0, 0.05) is 5.92 Å². The minimum absolute atomic E-state index is 0.555. The maximum atomic E-state index is 3.98. The topological polar surface area (TPSA) is 0 Å². The predicted molar refractivity (Wildman–Crippen MR) is 71.2 cm³/mol. The van der Waals surface area contributed by atoms with Gasteiger partial charge in [-0.3, -0.25) is 0 Å². The van der Waals surface area contributed by atoms with Gasteiger partial charge in [-0.15, -0.1) is 0 Å². The summed E-state index contributed by atoms with van der Waals surface area (Å²) in [5.41, 5.74) is 4.78. The second-order valence-electron chi connectivity index (χ2n) is 6.39. The minimum Gasteiger partial charge on any atom is -0.0961 e. The largest absolute Gasteiger partial charge is 0.0961 e. The Morgan fingerprint density at radius 2 is 2.06 bits per heavy atom. The van der Waals surface area contributed by atoms with Gasteiger partial charge >= 0.3 is 0 Å². The van der Waals surface area contributed by atoms with Gasteiger partial charge in [0.15, 0.2) is 0 Å². The van der Waals surface area contributed by atoms with Crippen molar-refractivity contribution in [1.82, 2.24) is 0 Å². The lowest BCUT2D eigenvalue weighted by Crippen LogP contribution is -2.10. The molecular formula is C16H24. The molecule has 2 aliphatic carbocycles. The van der Waals surface area contributed by atoms with E-state index in [0.717, 1.165) is 11.8 Å². The standard InChI is InChI=1S/C16H24/c1-10(2)7-11(3)13-9-15-14(8-12(13)4)16(15,5)6/h7-8,13-15H,1,9H2,2-6H3. The second kappa shape index (κ2) is 3.61. The van der Waals surface area contributed by atoms with E-state index in [2.05, 4.69) is 53.3 Å². The third-order valence-corrected chi connectivity index (χ3v) is 4.64. The van der Waals surface area contributed by atoms with Crippen LogP contribution in [0, 0.1) is 23.2 Å². The molecule has 88 valence electrons. The summed E-state index contributed by atoms with van der Waals surface area (Å²) in [4.78, 5) is 0. The van der Waals surface area contributed by atoms with E-state index in [1.54, 1.807) is 5.57 Å². The monoisotopic (exact) mass is 216 g/mol. The van der Waals surface area contributed by atoms with E-state index in [9.17, 15) is 0 Å². The van der Waals surface area contributed by atoms with Crippen molar-refractivity contribution in [2.75, 3.05) is 0 Å². The summed E-state index contributed by atoms with van der Waals surface area (Å²) >= 11 is 0. The zero-order valence-electron chi connectivity index (χ0n) is 11.3. The Bertz CT molecular complexity index is 379. The van der Waals surface area contributed by atoms with Gasteiger partial charge in [-0.25, -0.2) is 0 Å². The maximum Gasteiger partial charge on any atom is 0.000776 e. The van der Waals surface area contributed by atoms with Crippen molar-refractivity contribution in [1.29, 1.82) is 0 Å². The van der Waals surface area contributed by atoms with Crippen molar-refractivity contribution >= 4 is 0 Å². The van der Waals surface area contributed by atoms with E-state index in [1.807, 2.05) is 0 Å². The summed E-state index contributed by atoms with van der Waals surface area (Å²) in [6, 6.07) is 0. The molecule has 0 bridgehead atoms. The van der Waals surface area contributed by atoms with Crippen LogP contribution in [0.1, 0.15) is 41.0 Å². The quantitative estimate of drug-likeness (QED) is 0.461. The van der Waals surface area contributed by atoms with Crippen LogP contribution in [0.5, 0.6) is 0 Å². The smallest absolute Gasteiger partial charge is 0.000776 e. The second-order valence-corrected chi connectivity index (χ2v) is 6.39. The first-order valence-electron chi connectivity index (χ1n) is 6.36. The molecule has 1 saturated carbocycles. The average Bonchev–Trinajstić information content (AvgIpc) is 2.65. The van der Waals surface area contributed by atoms with E-state index < -0.39 is 0 Å². The van der Waals surface area contributed by atoms with E-state index in [1.165, 1.54) is 17.6 Å². The molecule has 0 aliphatic heterocycles. The first kappa shape index (κ1) is 11.7. The number of allylic oxidation sites excluding steroid dienone is 5. The van der Waals surface area contributed by atoms with Crippen LogP contribution in [-0.2, 0) is 0 Å². The average molecular weight is 216 g/mol. The lowest BCUT2D eigenvalue weighted by molar-refractivity contribution is 0.486. The fourth-order valence-electron chi connectivity index (χ4n) is 3.44. The molecule has 0 N–H and O–H groups in total. The Balaban J connectivity index is 2.19. The Kier molecular flexibility index (Phi) is 2.64. The first-order chi connectivity index (χ1) is 7.34. The molecule has 0 amide bonds. The van der Waals surface area contributed by atoms with Gasteiger partial charge in [-0.05, 0) is 44.4 Å². The Morgan fingerprint density at radius 1 is 1.44 bits per heavy atom. The molecule has 16 heavy (non-hydrogen) atoms. The van der Waals surface area contributed by atoms with Crippen LogP contribution < -0.4 is 0 Å². The zero-order valence-corrected chi connectivity index (χ0v) is 11.3. The summed E-state index contributed by atoms with van der Waals surface area (Å²) in [5.74, 6) is 2.43. The molecule has 0 spiro atoms. The molecule has 0 saturated heterocycles. The third-order valence-electron chi connectivity index (χ3n) is 4.64. The molecule has 3 unspecified atom stereocenters. The Morgan fingerprint density at radius 3 is 2.62 bits per heavy atom. The molecule has 3 atom stereocenters. The minimum atomic E-state index is 0.555. The fourth-order valence-corrected chi connectivity index (χ4v) is 3.44. The number of hydrogen-bond donors (Lipinski definition) is 0. The van der Waals surface area contributed by atoms with Crippen molar-refractivity contribution in [3.05, 3.63) is 35.5 Å². The van der Waals surface area contributed by atoms with E-state index in [4.69, 9.17) is 0 Å². The molecule has 0 aromatic carbocycles. The van der Waals surface area contributed by atoms with Gasteiger partial charge in [-0.2, -0.15) is 0 Å². The maximum absolute atomic E-state index is 3.98. The van der Waals surface area contributed by atoms with E-state index >= 15 is 0 Å². The molecule has 0 radical (unpaired) electrons. The van der Waals surface area contributed by atoms with Crippen molar-refractivity contribution < 1.29 is 0 Å². The lowest BCUT2D eigenvalue weighted by atomic mass is 9.83. The number of fused-ring (bicyclic) bond motifs is 1. The van der Waals surface area contributed by atoms with Gasteiger partial charge in [0.25, 0.3) is 0 Å². The van der Waals surface area contributed by atoms with Crippen LogP contribution in [0.2, 0.25) is 0 Å². The van der Waals surface area contributed by atoms with Crippen molar-refractivity contribution in [3.63, 3.8) is 0 Å². The summed E-state index contributed by atoms with van der Waals surface area (Å²) in [7, 11) is 0. The lowest BCUT2D eigenvalue weighted by Gasteiger charge is -2.22. The van der Waals surface area contributed by atoms with Gasteiger partial charge < -0.3 is 0 Å². The summed E-state index contributed by atoms with van der Waals surface area (Å²) in [6.45, 7) is 15.4. The fraction of sp³-hybridized carbons (Fsp3) is 0.625. The van der Waals surface area contributed by atoms with Crippen LogP contribution in [0.15, 0.2) is 35.5 Å². The van der Waals surface area contributed by atoms with E-state index in [-0.39, 0.29) is 0 Å². The van der Waals surface area contributed by atoms with Crippen LogP contribution in [0.25, 0.3) is 0 Å². The van der Waals surface area contributed by atoms with Crippen molar-refractivity contribution in [2.24, 2.45) is 23.2 Å². The SMILES string of the molecule is C=C(C)C=C(C)C1CC2C(C=C1C)C2(C)C. The molecule has 0 aromatic rings. The van der Waals surface area contributed by atoms with Crippen LogP contribution in [-0.4, -0.2) is 0 Å². The van der Waals surface area contributed by atoms with Crippen LogP contribution in [0.3, 0.4) is 0 Å². The molecule has 2 aliphatic rings. The molecule has 0 nitrogen and oxygen atoms in total. The Labute approximate surface area is 100 Å². The summed E-state index contributed by atoms with van der Waals surface area (Å²) in [5, 5.41) is 0. The molecule has 0 heterocycles. The van der Waals surface area contributed by atoms with Crippen LogP contribution >= 0.6 is 0 Å². The number of hydrogen-bond acceptors (Lipinski definition) is 0.